The van der Waals surface area contributed by atoms with Crippen molar-refractivity contribution in [1.29, 1.82) is 0 Å². The average molecular weight is 326 g/mol. The zero-order valence-corrected chi connectivity index (χ0v) is 12.9. The lowest BCUT2D eigenvalue weighted by Gasteiger charge is -2.08. The molecular formula is C18H15FN2O3. The number of aryl methyl sites for hydroxylation is 1. The molecule has 0 saturated carbocycles. The summed E-state index contributed by atoms with van der Waals surface area (Å²) in [6.45, 7) is 1.72. The minimum absolute atomic E-state index is 0.0436. The first-order valence-corrected chi connectivity index (χ1v) is 7.32. The summed E-state index contributed by atoms with van der Waals surface area (Å²) in [6, 6.07) is 12.7. The third-order valence-corrected chi connectivity index (χ3v) is 3.61. The first-order valence-electron chi connectivity index (χ1n) is 7.32. The number of benzene rings is 2. The zero-order chi connectivity index (χ0) is 17.1. The number of halogens is 1. The van der Waals surface area contributed by atoms with Gasteiger partial charge in [-0.2, -0.15) is 0 Å². The second kappa shape index (κ2) is 6.64. The SMILES string of the molecule is Cc1ccc(CO)cc1NC(=O)c1cc(-c2ccccc2F)on1. The summed E-state index contributed by atoms with van der Waals surface area (Å²) in [5.41, 5.74) is 2.38. The molecule has 122 valence electrons. The Morgan fingerprint density at radius 3 is 2.79 bits per heavy atom. The molecule has 1 amide bonds. The molecule has 0 atom stereocenters. The van der Waals surface area contributed by atoms with Crippen molar-refractivity contribution in [2.45, 2.75) is 13.5 Å². The molecule has 1 aromatic heterocycles. The number of amides is 1. The van der Waals surface area contributed by atoms with Gasteiger partial charge in [0.05, 0.1) is 12.2 Å². The lowest BCUT2D eigenvalue weighted by molar-refractivity contribution is 0.101. The van der Waals surface area contributed by atoms with E-state index in [1.54, 1.807) is 36.4 Å². The third-order valence-electron chi connectivity index (χ3n) is 3.61. The highest BCUT2D eigenvalue weighted by atomic mass is 19.1. The van der Waals surface area contributed by atoms with Gasteiger partial charge in [-0.15, -0.1) is 0 Å². The van der Waals surface area contributed by atoms with Crippen LogP contribution in [0, 0.1) is 12.7 Å². The largest absolute Gasteiger partial charge is 0.392 e. The fourth-order valence-corrected chi connectivity index (χ4v) is 2.26. The van der Waals surface area contributed by atoms with Gasteiger partial charge in [0.1, 0.15) is 5.82 Å². The van der Waals surface area contributed by atoms with E-state index >= 15 is 0 Å². The molecule has 6 heteroatoms. The van der Waals surface area contributed by atoms with Gasteiger partial charge in [0.25, 0.3) is 5.91 Å². The van der Waals surface area contributed by atoms with Crippen LogP contribution >= 0.6 is 0 Å². The smallest absolute Gasteiger partial charge is 0.277 e. The molecule has 0 saturated heterocycles. The monoisotopic (exact) mass is 326 g/mol. The van der Waals surface area contributed by atoms with Crippen LogP contribution in [-0.4, -0.2) is 16.2 Å². The van der Waals surface area contributed by atoms with Gasteiger partial charge in [-0.1, -0.05) is 29.4 Å². The highest BCUT2D eigenvalue weighted by molar-refractivity contribution is 6.03. The minimum Gasteiger partial charge on any atom is -0.392 e. The maximum absolute atomic E-state index is 13.8. The molecule has 0 radical (unpaired) electrons. The Bertz CT molecular complexity index is 889. The van der Waals surface area contributed by atoms with Crippen molar-refractivity contribution in [3.05, 3.63) is 71.2 Å². The summed E-state index contributed by atoms with van der Waals surface area (Å²) < 4.78 is 18.8. The molecule has 2 N–H and O–H groups in total. The predicted molar refractivity (Wildman–Crippen MR) is 87.0 cm³/mol. The van der Waals surface area contributed by atoms with Gasteiger partial charge < -0.3 is 14.9 Å². The number of carbonyl (C=O) groups is 1. The molecule has 2 aromatic carbocycles. The second-order valence-electron chi connectivity index (χ2n) is 5.32. The van der Waals surface area contributed by atoms with Crippen molar-refractivity contribution in [1.82, 2.24) is 5.16 Å². The van der Waals surface area contributed by atoms with Crippen LogP contribution in [0.1, 0.15) is 21.6 Å². The van der Waals surface area contributed by atoms with Crippen molar-refractivity contribution < 1.29 is 18.8 Å². The summed E-state index contributed by atoms with van der Waals surface area (Å²) in [4.78, 5) is 12.3. The van der Waals surface area contributed by atoms with Gasteiger partial charge in [0.15, 0.2) is 11.5 Å². The molecule has 0 bridgehead atoms. The van der Waals surface area contributed by atoms with Crippen molar-refractivity contribution >= 4 is 11.6 Å². The number of aromatic nitrogens is 1. The van der Waals surface area contributed by atoms with E-state index in [0.29, 0.717) is 11.3 Å². The van der Waals surface area contributed by atoms with Crippen LogP contribution in [0.2, 0.25) is 0 Å². The molecule has 0 aliphatic rings. The molecule has 1 heterocycles. The fraction of sp³-hybridized carbons (Fsp3) is 0.111. The first kappa shape index (κ1) is 15.9. The van der Waals surface area contributed by atoms with E-state index in [2.05, 4.69) is 10.5 Å². The third kappa shape index (κ3) is 3.18. The quantitative estimate of drug-likeness (QED) is 0.769. The number of aliphatic hydroxyl groups is 1. The van der Waals surface area contributed by atoms with Crippen LogP contribution < -0.4 is 5.32 Å². The van der Waals surface area contributed by atoms with Crippen molar-refractivity contribution in [3.63, 3.8) is 0 Å². The number of hydrogen-bond acceptors (Lipinski definition) is 4. The summed E-state index contributed by atoms with van der Waals surface area (Å²) in [7, 11) is 0. The van der Waals surface area contributed by atoms with Crippen LogP contribution in [0.25, 0.3) is 11.3 Å². The van der Waals surface area contributed by atoms with Crippen LogP contribution in [0.5, 0.6) is 0 Å². The van der Waals surface area contributed by atoms with Crippen LogP contribution in [0.4, 0.5) is 10.1 Å². The van der Waals surface area contributed by atoms with Gasteiger partial charge in [-0.3, -0.25) is 4.79 Å². The Balaban J connectivity index is 1.83. The molecule has 0 aliphatic carbocycles. The van der Waals surface area contributed by atoms with Crippen molar-refractivity contribution in [2.75, 3.05) is 5.32 Å². The number of aliphatic hydroxyl groups excluding tert-OH is 1. The summed E-state index contributed by atoms with van der Waals surface area (Å²) in [5, 5.41) is 15.6. The molecule has 0 spiro atoms. The molecule has 3 rings (SSSR count). The Morgan fingerprint density at radius 2 is 2.04 bits per heavy atom. The number of nitrogens with one attached hydrogen (secondary N) is 1. The molecule has 0 aliphatic heterocycles. The lowest BCUT2D eigenvalue weighted by Crippen LogP contribution is -2.13. The zero-order valence-electron chi connectivity index (χ0n) is 12.9. The standard InChI is InChI=1S/C18H15FN2O3/c1-11-6-7-12(10-22)8-15(11)20-18(23)16-9-17(24-21-16)13-4-2-3-5-14(13)19/h2-9,22H,10H2,1H3,(H,20,23). The van der Waals surface area contributed by atoms with Gasteiger partial charge in [-0.05, 0) is 36.2 Å². The highest BCUT2D eigenvalue weighted by Gasteiger charge is 2.16. The topological polar surface area (TPSA) is 75.4 Å². The molecule has 24 heavy (non-hydrogen) atoms. The summed E-state index contributed by atoms with van der Waals surface area (Å²) in [5.74, 6) is -0.745. The molecule has 0 fully saturated rings. The normalized spacial score (nSPS) is 10.6. The van der Waals surface area contributed by atoms with E-state index in [1.165, 1.54) is 12.1 Å². The van der Waals surface area contributed by atoms with E-state index in [1.807, 2.05) is 6.92 Å². The summed E-state index contributed by atoms with van der Waals surface area (Å²) >= 11 is 0. The van der Waals surface area contributed by atoms with Gasteiger partial charge in [0, 0.05) is 11.8 Å². The predicted octanol–water partition coefficient (Wildman–Crippen LogP) is 3.53. The Labute approximate surface area is 137 Å². The van der Waals surface area contributed by atoms with E-state index in [4.69, 9.17) is 4.52 Å². The maximum Gasteiger partial charge on any atom is 0.277 e. The fourth-order valence-electron chi connectivity index (χ4n) is 2.26. The first-order chi connectivity index (χ1) is 11.6. The minimum atomic E-state index is -0.473. The van der Waals surface area contributed by atoms with E-state index in [-0.39, 0.29) is 23.6 Å². The molecule has 3 aromatic rings. The Morgan fingerprint density at radius 1 is 1.25 bits per heavy atom. The summed E-state index contributed by atoms with van der Waals surface area (Å²) in [6.07, 6.45) is 0. The van der Waals surface area contributed by atoms with Gasteiger partial charge in [0.2, 0.25) is 0 Å². The lowest BCUT2D eigenvalue weighted by atomic mass is 10.1. The Kier molecular flexibility index (Phi) is 4.39. The van der Waals surface area contributed by atoms with Gasteiger partial charge >= 0.3 is 0 Å². The molecular weight excluding hydrogens is 311 g/mol. The van der Waals surface area contributed by atoms with Crippen LogP contribution in [-0.2, 0) is 6.61 Å². The van der Waals surface area contributed by atoms with E-state index in [0.717, 1.165) is 5.56 Å². The maximum atomic E-state index is 13.8. The van der Waals surface area contributed by atoms with Gasteiger partial charge in [-0.25, -0.2) is 4.39 Å². The number of anilines is 1. The number of nitrogens with zero attached hydrogens (tertiary/aromatic N) is 1. The molecule has 0 unspecified atom stereocenters. The number of hydrogen-bond donors (Lipinski definition) is 2. The van der Waals surface area contributed by atoms with Crippen LogP contribution in [0.15, 0.2) is 53.1 Å². The van der Waals surface area contributed by atoms with Crippen LogP contribution in [0.3, 0.4) is 0 Å². The van der Waals surface area contributed by atoms with E-state index in [9.17, 15) is 14.3 Å². The second-order valence-corrected chi connectivity index (χ2v) is 5.32. The average Bonchev–Trinajstić information content (AvgIpc) is 3.07. The number of carbonyl (C=O) groups excluding carboxylic acids is 1. The van der Waals surface area contributed by atoms with E-state index < -0.39 is 11.7 Å². The molecule has 5 nitrogen and oxygen atoms in total. The van der Waals surface area contributed by atoms with Crippen molar-refractivity contribution in [2.24, 2.45) is 0 Å². The van der Waals surface area contributed by atoms with Crippen molar-refractivity contribution in [3.8, 4) is 11.3 Å². The Hall–Kier alpha value is -2.99. The number of rotatable bonds is 4. The highest BCUT2D eigenvalue weighted by Crippen LogP contribution is 2.24.